The summed E-state index contributed by atoms with van der Waals surface area (Å²) in [5.41, 5.74) is 2.00. The Morgan fingerprint density at radius 3 is 2.54 bits per heavy atom. The van der Waals surface area contributed by atoms with Gasteiger partial charge in [0, 0.05) is 24.2 Å². The first-order valence-corrected chi connectivity index (χ1v) is 9.70. The molecule has 2 aromatic rings. The van der Waals surface area contributed by atoms with E-state index in [1.54, 1.807) is 4.90 Å². The van der Waals surface area contributed by atoms with Crippen LogP contribution in [0.15, 0.2) is 42.5 Å². The van der Waals surface area contributed by atoms with Crippen molar-refractivity contribution in [2.24, 2.45) is 11.8 Å². The van der Waals surface area contributed by atoms with Gasteiger partial charge in [0.05, 0.1) is 11.6 Å². The van der Waals surface area contributed by atoms with Gasteiger partial charge in [-0.3, -0.25) is 9.59 Å². The highest BCUT2D eigenvalue weighted by Crippen LogP contribution is 2.36. The highest BCUT2D eigenvalue weighted by Gasteiger charge is 2.39. The Hall–Kier alpha value is -2.76. The molecule has 0 spiro atoms. The molecule has 2 unspecified atom stereocenters. The Morgan fingerprint density at radius 1 is 1.00 bits per heavy atom. The van der Waals surface area contributed by atoms with Crippen LogP contribution in [-0.2, 0) is 16.0 Å². The molecule has 2 atom stereocenters. The lowest BCUT2D eigenvalue weighted by Crippen LogP contribution is -2.43. The van der Waals surface area contributed by atoms with Crippen LogP contribution in [0.3, 0.4) is 0 Å². The number of anilines is 2. The Balaban J connectivity index is 1.53. The SMILES string of the molecule is O=C(Nc1ccc(F)cc1F)C1CCCCC1C(=O)N1CCc2ccccc21. The summed E-state index contributed by atoms with van der Waals surface area (Å²) >= 11 is 0. The number of amides is 2. The van der Waals surface area contributed by atoms with Gasteiger partial charge in [0.1, 0.15) is 11.6 Å². The van der Waals surface area contributed by atoms with E-state index in [0.717, 1.165) is 42.6 Å². The third kappa shape index (κ3) is 3.51. The van der Waals surface area contributed by atoms with Crippen LogP contribution in [-0.4, -0.2) is 18.4 Å². The molecule has 146 valence electrons. The molecule has 4 nitrogen and oxygen atoms in total. The number of rotatable bonds is 3. The molecule has 4 rings (SSSR count). The summed E-state index contributed by atoms with van der Waals surface area (Å²) in [6.07, 6.45) is 3.78. The number of carbonyl (C=O) groups is 2. The zero-order valence-electron chi connectivity index (χ0n) is 15.5. The van der Waals surface area contributed by atoms with Crippen LogP contribution in [0.2, 0.25) is 0 Å². The highest BCUT2D eigenvalue weighted by molar-refractivity contribution is 6.02. The second-order valence-electron chi connectivity index (χ2n) is 7.48. The molecular weight excluding hydrogens is 362 g/mol. The van der Waals surface area contributed by atoms with Gasteiger partial charge in [-0.1, -0.05) is 31.0 Å². The van der Waals surface area contributed by atoms with Crippen LogP contribution in [0.4, 0.5) is 20.2 Å². The van der Waals surface area contributed by atoms with Crippen LogP contribution in [0.25, 0.3) is 0 Å². The normalized spacial score (nSPS) is 21.3. The number of para-hydroxylation sites is 1. The fourth-order valence-electron chi connectivity index (χ4n) is 4.32. The smallest absolute Gasteiger partial charge is 0.230 e. The summed E-state index contributed by atoms with van der Waals surface area (Å²) in [4.78, 5) is 27.9. The van der Waals surface area contributed by atoms with E-state index in [0.29, 0.717) is 19.4 Å². The van der Waals surface area contributed by atoms with Gasteiger partial charge < -0.3 is 10.2 Å². The minimum absolute atomic E-state index is 0.0376. The third-order valence-corrected chi connectivity index (χ3v) is 5.76. The van der Waals surface area contributed by atoms with Crippen molar-refractivity contribution in [3.05, 3.63) is 59.7 Å². The number of hydrogen-bond acceptors (Lipinski definition) is 2. The van der Waals surface area contributed by atoms with Crippen molar-refractivity contribution in [1.82, 2.24) is 0 Å². The first-order valence-electron chi connectivity index (χ1n) is 9.70. The van der Waals surface area contributed by atoms with Crippen molar-refractivity contribution < 1.29 is 18.4 Å². The molecule has 1 N–H and O–H groups in total. The Bertz CT molecular complexity index is 915. The summed E-state index contributed by atoms with van der Waals surface area (Å²) in [5.74, 6) is -2.88. The van der Waals surface area contributed by atoms with E-state index in [1.165, 1.54) is 6.07 Å². The third-order valence-electron chi connectivity index (χ3n) is 5.76. The van der Waals surface area contributed by atoms with E-state index in [4.69, 9.17) is 0 Å². The second kappa shape index (κ2) is 7.70. The summed E-state index contributed by atoms with van der Waals surface area (Å²) in [7, 11) is 0. The lowest BCUT2D eigenvalue weighted by Gasteiger charge is -2.32. The average molecular weight is 384 g/mol. The lowest BCUT2D eigenvalue weighted by molar-refractivity contribution is -0.132. The maximum atomic E-state index is 13.9. The van der Waals surface area contributed by atoms with E-state index in [1.807, 2.05) is 24.3 Å². The van der Waals surface area contributed by atoms with Crippen molar-refractivity contribution in [1.29, 1.82) is 0 Å². The van der Waals surface area contributed by atoms with Crippen molar-refractivity contribution in [3.8, 4) is 0 Å². The van der Waals surface area contributed by atoms with Crippen molar-refractivity contribution in [2.45, 2.75) is 32.1 Å². The van der Waals surface area contributed by atoms with Crippen molar-refractivity contribution >= 4 is 23.2 Å². The first-order chi connectivity index (χ1) is 13.5. The monoisotopic (exact) mass is 384 g/mol. The number of hydrogen-bond donors (Lipinski definition) is 1. The molecule has 28 heavy (non-hydrogen) atoms. The maximum absolute atomic E-state index is 13.9. The van der Waals surface area contributed by atoms with E-state index in [2.05, 4.69) is 5.32 Å². The predicted molar refractivity (Wildman–Crippen MR) is 103 cm³/mol. The summed E-state index contributed by atoms with van der Waals surface area (Å²) in [5, 5.41) is 2.55. The quantitative estimate of drug-likeness (QED) is 0.858. The van der Waals surface area contributed by atoms with Gasteiger partial charge in [0.25, 0.3) is 0 Å². The Kier molecular flexibility index (Phi) is 5.11. The van der Waals surface area contributed by atoms with Gasteiger partial charge in [-0.2, -0.15) is 0 Å². The molecule has 1 aliphatic carbocycles. The lowest BCUT2D eigenvalue weighted by atomic mass is 9.77. The van der Waals surface area contributed by atoms with Gasteiger partial charge in [-0.05, 0) is 43.0 Å². The molecule has 1 fully saturated rings. The van der Waals surface area contributed by atoms with Crippen LogP contribution in [0.1, 0.15) is 31.2 Å². The molecule has 0 aromatic heterocycles. The molecule has 2 aliphatic rings. The fraction of sp³-hybridized carbons (Fsp3) is 0.364. The molecule has 1 aliphatic heterocycles. The topological polar surface area (TPSA) is 49.4 Å². The van der Waals surface area contributed by atoms with Gasteiger partial charge in [-0.15, -0.1) is 0 Å². The van der Waals surface area contributed by atoms with Crippen LogP contribution in [0.5, 0.6) is 0 Å². The molecule has 0 radical (unpaired) electrons. The zero-order valence-corrected chi connectivity index (χ0v) is 15.5. The Labute approximate surface area is 162 Å². The molecule has 2 amide bonds. The standard InChI is InChI=1S/C22H22F2N2O2/c23-15-9-10-19(18(24)13-15)25-21(27)16-6-2-3-7-17(16)22(28)26-12-11-14-5-1-4-8-20(14)26/h1,4-5,8-10,13,16-17H,2-3,6-7,11-12H2,(H,25,27). The van der Waals surface area contributed by atoms with Gasteiger partial charge in [0.2, 0.25) is 11.8 Å². The van der Waals surface area contributed by atoms with Crippen LogP contribution in [0, 0.1) is 23.5 Å². The maximum Gasteiger partial charge on any atom is 0.230 e. The largest absolute Gasteiger partial charge is 0.323 e. The fourth-order valence-corrected chi connectivity index (χ4v) is 4.32. The van der Waals surface area contributed by atoms with Crippen LogP contribution >= 0.6 is 0 Å². The number of nitrogens with one attached hydrogen (secondary N) is 1. The zero-order chi connectivity index (χ0) is 19.7. The van der Waals surface area contributed by atoms with E-state index >= 15 is 0 Å². The molecule has 0 bridgehead atoms. The van der Waals surface area contributed by atoms with Crippen molar-refractivity contribution in [2.75, 3.05) is 16.8 Å². The number of halogens is 2. The summed E-state index contributed by atoms with van der Waals surface area (Å²) in [6, 6.07) is 10.9. The van der Waals surface area contributed by atoms with Gasteiger partial charge in [-0.25, -0.2) is 8.78 Å². The van der Waals surface area contributed by atoms with E-state index in [9.17, 15) is 18.4 Å². The van der Waals surface area contributed by atoms with Crippen molar-refractivity contribution in [3.63, 3.8) is 0 Å². The number of fused-ring (bicyclic) bond motifs is 1. The Morgan fingerprint density at radius 2 is 1.75 bits per heavy atom. The molecule has 0 saturated heterocycles. The molecular formula is C22H22F2N2O2. The summed E-state index contributed by atoms with van der Waals surface area (Å²) in [6.45, 7) is 0.621. The number of nitrogens with zero attached hydrogens (tertiary/aromatic N) is 1. The molecule has 6 heteroatoms. The number of benzene rings is 2. The second-order valence-corrected chi connectivity index (χ2v) is 7.48. The first kappa shape index (κ1) is 18.6. The average Bonchev–Trinajstić information content (AvgIpc) is 3.13. The highest BCUT2D eigenvalue weighted by atomic mass is 19.1. The van der Waals surface area contributed by atoms with Crippen LogP contribution < -0.4 is 10.2 Å². The molecule has 2 aromatic carbocycles. The van der Waals surface area contributed by atoms with Gasteiger partial charge >= 0.3 is 0 Å². The molecule has 1 heterocycles. The van der Waals surface area contributed by atoms with E-state index in [-0.39, 0.29) is 17.5 Å². The summed E-state index contributed by atoms with van der Waals surface area (Å²) < 4.78 is 27.0. The minimum Gasteiger partial charge on any atom is -0.323 e. The minimum atomic E-state index is -0.819. The van der Waals surface area contributed by atoms with E-state index < -0.39 is 23.5 Å². The number of carbonyl (C=O) groups excluding carboxylic acids is 2. The molecule has 1 saturated carbocycles. The van der Waals surface area contributed by atoms with Gasteiger partial charge in [0.15, 0.2) is 0 Å². The predicted octanol–water partition coefficient (Wildman–Crippen LogP) is 4.30.